The van der Waals surface area contributed by atoms with Gasteiger partial charge in [0.05, 0.1) is 0 Å². The summed E-state index contributed by atoms with van der Waals surface area (Å²) < 4.78 is 3.92. The Balaban J connectivity index is 1.41. The molecule has 8 rings (SSSR count). The minimum atomic E-state index is 1.11. The summed E-state index contributed by atoms with van der Waals surface area (Å²) in [6.07, 6.45) is 10.0. The molecule has 0 saturated heterocycles. The molecule has 0 saturated carbocycles. The van der Waals surface area contributed by atoms with Gasteiger partial charge in [0, 0.05) is 35.1 Å². The van der Waals surface area contributed by atoms with E-state index in [4.69, 9.17) is 0 Å². The lowest BCUT2D eigenvalue weighted by molar-refractivity contribution is 1.61. The molecule has 0 aliphatic carbocycles. The first kappa shape index (κ1) is 27.5. The summed E-state index contributed by atoms with van der Waals surface area (Å²) in [7, 11) is 0. The molecule has 45 heavy (non-hydrogen) atoms. The topological polar surface area (TPSA) is 0 Å². The number of rotatable bonds is 6. The van der Waals surface area contributed by atoms with E-state index in [1.54, 1.807) is 0 Å². The van der Waals surface area contributed by atoms with Crippen LogP contribution in [0.25, 0.3) is 92.3 Å². The molecule has 0 nitrogen and oxygen atoms in total. The van der Waals surface area contributed by atoms with Crippen LogP contribution in [-0.4, -0.2) is 0 Å². The van der Waals surface area contributed by atoms with E-state index in [1.807, 2.05) is 47.0 Å². The fourth-order valence-electron chi connectivity index (χ4n) is 6.88. The Labute approximate surface area is 271 Å². The van der Waals surface area contributed by atoms with Crippen molar-refractivity contribution in [2.24, 2.45) is 0 Å². The second-order valence-corrected chi connectivity index (χ2v) is 13.8. The highest BCUT2D eigenvalue weighted by Crippen LogP contribution is 2.44. The van der Waals surface area contributed by atoms with Gasteiger partial charge in [0.25, 0.3) is 0 Å². The first-order valence-corrected chi connectivity index (χ1v) is 16.7. The molecule has 214 valence electrons. The Hall–Kier alpha value is -5.02. The zero-order valence-electron chi connectivity index (χ0n) is 25.1. The quantitative estimate of drug-likeness (QED) is 0.130. The maximum atomic E-state index is 4.31. The molecule has 0 amide bonds. The molecule has 0 aliphatic rings. The number of aryl methyl sites for hydroxylation is 1. The zero-order chi connectivity index (χ0) is 30.7. The summed E-state index contributed by atoms with van der Waals surface area (Å²) in [6, 6.07) is 36.0. The van der Waals surface area contributed by atoms with E-state index in [0.29, 0.717) is 0 Å². The molecule has 0 radical (unpaired) electrons. The van der Waals surface area contributed by atoms with Gasteiger partial charge in [0.1, 0.15) is 0 Å². The van der Waals surface area contributed by atoms with E-state index in [1.165, 1.54) is 84.5 Å². The van der Waals surface area contributed by atoms with Crippen LogP contribution < -0.4 is 0 Å². The van der Waals surface area contributed by atoms with Gasteiger partial charge in [-0.1, -0.05) is 105 Å². The molecular formula is C43H30S2. The SMILES string of the molecule is C=C/C=C\c1c(C)sc2ccc(-c3cc4c(C=C)c(C=C)c(-c5ccc6sc7ccccc7c6c5)cc4c4ccccc34)cc12. The Morgan fingerprint density at radius 2 is 1.11 bits per heavy atom. The van der Waals surface area contributed by atoms with Crippen molar-refractivity contribution in [3.8, 4) is 22.3 Å². The van der Waals surface area contributed by atoms with Gasteiger partial charge in [-0.25, -0.2) is 0 Å². The first-order chi connectivity index (χ1) is 22.1. The van der Waals surface area contributed by atoms with Gasteiger partial charge in [-0.05, 0) is 110 Å². The van der Waals surface area contributed by atoms with Crippen LogP contribution in [0, 0.1) is 6.92 Å². The van der Waals surface area contributed by atoms with Crippen LogP contribution in [0.3, 0.4) is 0 Å². The van der Waals surface area contributed by atoms with Gasteiger partial charge in [-0.15, -0.1) is 22.7 Å². The Morgan fingerprint density at radius 3 is 1.87 bits per heavy atom. The molecule has 0 aliphatic heterocycles. The average molecular weight is 611 g/mol. The minimum absolute atomic E-state index is 1.11. The third kappa shape index (κ3) is 4.33. The van der Waals surface area contributed by atoms with Crippen LogP contribution in [0.5, 0.6) is 0 Å². The van der Waals surface area contributed by atoms with Crippen LogP contribution in [0.1, 0.15) is 21.6 Å². The number of fused-ring (bicyclic) bond motifs is 7. The predicted molar refractivity (Wildman–Crippen MR) is 205 cm³/mol. The first-order valence-electron chi connectivity index (χ1n) is 15.1. The Morgan fingerprint density at radius 1 is 0.489 bits per heavy atom. The molecule has 2 heteroatoms. The third-order valence-corrected chi connectivity index (χ3v) is 11.2. The van der Waals surface area contributed by atoms with E-state index in [9.17, 15) is 0 Å². The third-order valence-electron chi connectivity index (χ3n) is 8.96. The summed E-state index contributed by atoms with van der Waals surface area (Å²) in [5, 5.41) is 8.77. The number of benzene rings is 6. The largest absolute Gasteiger partial charge is 0.140 e. The van der Waals surface area contributed by atoms with Crippen LogP contribution >= 0.6 is 22.7 Å². The van der Waals surface area contributed by atoms with Crippen molar-refractivity contribution in [2.75, 3.05) is 0 Å². The molecule has 0 spiro atoms. The zero-order valence-corrected chi connectivity index (χ0v) is 26.7. The lowest BCUT2D eigenvalue weighted by Gasteiger charge is -2.18. The van der Waals surface area contributed by atoms with Crippen molar-refractivity contribution in [3.05, 3.63) is 151 Å². The second-order valence-electron chi connectivity index (χ2n) is 11.4. The predicted octanol–water partition coefficient (Wildman–Crippen LogP) is 13.7. The maximum Gasteiger partial charge on any atom is 0.0355 e. The molecule has 2 heterocycles. The summed E-state index contributed by atoms with van der Waals surface area (Å²) in [5.74, 6) is 0. The molecular weight excluding hydrogens is 581 g/mol. The molecule has 2 aromatic heterocycles. The molecule has 6 aromatic carbocycles. The summed E-state index contributed by atoms with van der Waals surface area (Å²) in [5.41, 5.74) is 8.29. The van der Waals surface area contributed by atoms with E-state index in [-0.39, 0.29) is 0 Å². The molecule has 0 bridgehead atoms. The van der Waals surface area contributed by atoms with Crippen molar-refractivity contribution in [3.63, 3.8) is 0 Å². The van der Waals surface area contributed by atoms with Gasteiger partial charge in [0.2, 0.25) is 0 Å². The van der Waals surface area contributed by atoms with E-state index < -0.39 is 0 Å². The second kappa shape index (κ2) is 10.9. The molecule has 0 fully saturated rings. The van der Waals surface area contributed by atoms with E-state index >= 15 is 0 Å². The summed E-state index contributed by atoms with van der Waals surface area (Å²) in [6.45, 7) is 14.7. The summed E-state index contributed by atoms with van der Waals surface area (Å²) in [4.78, 5) is 1.31. The van der Waals surface area contributed by atoms with Crippen LogP contribution in [0.4, 0.5) is 0 Å². The number of hydrogen-bond donors (Lipinski definition) is 0. The van der Waals surface area contributed by atoms with Crippen LogP contribution in [0.15, 0.2) is 129 Å². The number of allylic oxidation sites excluding steroid dienone is 2. The van der Waals surface area contributed by atoms with E-state index in [0.717, 1.165) is 11.1 Å². The lowest BCUT2D eigenvalue weighted by Crippen LogP contribution is -1.93. The number of hydrogen-bond acceptors (Lipinski definition) is 2. The van der Waals surface area contributed by atoms with Crippen molar-refractivity contribution in [1.29, 1.82) is 0 Å². The normalized spacial score (nSPS) is 11.8. The molecule has 0 atom stereocenters. The summed E-state index contributed by atoms with van der Waals surface area (Å²) >= 11 is 3.69. The standard InChI is InChI=1S/C43H30S2/c1-5-8-13-31-26(4)44-42-20-18-28(22-39(31)42)36-25-37-30(7-3)29(6-2)35(24-38(37)33-15-10-9-14-32(33)36)27-19-21-43-40(23-27)34-16-11-12-17-41(34)45-43/h5-25H,1-3H2,4H3/b13-8-. The van der Waals surface area contributed by atoms with Gasteiger partial charge >= 0.3 is 0 Å². The Bertz CT molecular complexity index is 2550. The van der Waals surface area contributed by atoms with Gasteiger partial charge in [0.15, 0.2) is 0 Å². The maximum absolute atomic E-state index is 4.31. The van der Waals surface area contributed by atoms with E-state index in [2.05, 4.69) is 130 Å². The highest BCUT2D eigenvalue weighted by molar-refractivity contribution is 7.25. The Kier molecular flexibility index (Phi) is 6.64. The van der Waals surface area contributed by atoms with Crippen LogP contribution in [-0.2, 0) is 0 Å². The highest BCUT2D eigenvalue weighted by Gasteiger charge is 2.18. The molecule has 8 aromatic rings. The van der Waals surface area contributed by atoms with Crippen molar-refractivity contribution < 1.29 is 0 Å². The molecule has 0 N–H and O–H groups in total. The van der Waals surface area contributed by atoms with Crippen LogP contribution in [0.2, 0.25) is 0 Å². The van der Waals surface area contributed by atoms with Gasteiger partial charge in [-0.3, -0.25) is 0 Å². The van der Waals surface area contributed by atoms with Gasteiger partial charge in [-0.2, -0.15) is 0 Å². The van der Waals surface area contributed by atoms with Crippen molar-refractivity contribution in [1.82, 2.24) is 0 Å². The van der Waals surface area contributed by atoms with Gasteiger partial charge < -0.3 is 0 Å². The fraction of sp³-hybridized carbons (Fsp3) is 0.0233. The monoisotopic (exact) mass is 610 g/mol. The molecule has 0 unspecified atom stereocenters. The minimum Gasteiger partial charge on any atom is -0.140 e. The lowest BCUT2D eigenvalue weighted by atomic mass is 9.85. The average Bonchev–Trinajstić information content (AvgIpc) is 3.61. The smallest absolute Gasteiger partial charge is 0.0355 e. The fourth-order valence-corrected chi connectivity index (χ4v) is 9.00. The highest BCUT2D eigenvalue weighted by atomic mass is 32.1. The van der Waals surface area contributed by atoms with Crippen molar-refractivity contribution in [2.45, 2.75) is 6.92 Å². The number of thiophene rings is 2. The van der Waals surface area contributed by atoms with Crippen molar-refractivity contribution >= 4 is 92.7 Å².